The summed E-state index contributed by atoms with van der Waals surface area (Å²) in [6, 6.07) is 5.11. The average molecular weight is 272 g/mol. The van der Waals surface area contributed by atoms with E-state index < -0.39 is 0 Å². The van der Waals surface area contributed by atoms with Gasteiger partial charge in [0.05, 0.1) is 0 Å². The van der Waals surface area contributed by atoms with E-state index in [0.717, 1.165) is 32.6 Å². The van der Waals surface area contributed by atoms with Crippen LogP contribution in [0.1, 0.15) is 41.6 Å². The first kappa shape index (κ1) is 15.3. The zero-order chi connectivity index (χ0) is 14.7. The fourth-order valence-corrected chi connectivity index (χ4v) is 3.45. The number of hydrogen-bond acceptors (Lipinski definition) is 2. The molecule has 0 unspecified atom stereocenters. The molecule has 1 aliphatic heterocycles. The monoisotopic (exact) mass is 272 g/mol. The lowest BCUT2D eigenvalue weighted by Crippen LogP contribution is -2.45. The maximum atomic E-state index is 4.15. The second-order valence-electron chi connectivity index (χ2n) is 6.28. The lowest BCUT2D eigenvalue weighted by molar-refractivity contribution is 0.171. The van der Waals surface area contributed by atoms with Crippen LogP contribution in [0.15, 0.2) is 24.3 Å². The smallest absolute Gasteiger partial charge is 0.0391 e. The van der Waals surface area contributed by atoms with Crippen LogP contribution < -0.4 is 5.32 Å². The Bertz CT molecular complexity index is 461. The van der Waals surface area contributed by atoms with Crippen molar-refractivity contribution >= 4 is 0 Å². The van der Waals surface area contributed by atoms with Gasteiger partial charge in [-0.25, -0.2) is 0 Å². The number of nitrogens with one attached hydrogen (secondary N) is 1. The molecule has 1 aromatic carbocycles. The minimum Gasteiger partial charge on any atom is -0.314 e. The summed E-state index contributed by atoms with van der Waals surface area (Å²) < 4.78 is 0. The van der Waals surface area contributed by atoms with Crippen LogP contribution in [-0.2, 0) is 0 Å². The predicted molar refractivity (Wildman–Crippen MR) is 87.3 cm³/mol. The lowest BCUT2D eigenvalue weighted by atomic mass is 9.89. The third-order valence-electron chi connectivity index (χ3n) is 4.21. The molecule has 1 fully saturated rings. The van der Waals surface area contributed by atoms with E-state index in [9.17, 15) is 0 Å². The summed E-state index contributed by atoms with van der Waals surface area (Å²) in [5.74, 6) is 0. The normalized spacial score (nSPS) is 18.0. The molecule has 1 heterocycles. The van der Waals surface area contributed by atoms with E-state index in [1.165, 1.54) is 27.8 Å². The van der Waals surface area contributed by atoms with Gasteiger partial charge < -0.3 is 5.32 Å². The van der Waals surface area contributed by atoms with Crippen LogP contribution in [0.25, 0.3) is 0 Å². The first-order valence-corrected chi connectivity index (χ1v) is 7.66. The second kappa shape index (κ2) is 6.55. The van der Waals surface area contributed by atoms with E-state index in [-0.39, 0.29) is 0 Å². The first-order chi connectivity index (χ1) is 9.49. The van der Waals surface area contributed by atoms with E-state index >= 15 is 0 Å². The molecule has 0 aromatic heterocycles. The van der Waals surface area contributed by atoms with Gasteiger partial charge in [-0.3, -0.25) is 4.90 Å². The zero-order valence-corrected chi connectivity index (χ0v) is 13.4. The second-order valence-corrected chi connectivity index (χ2v) is 6.28. The highest BCUT2D eigenvalue weighted by Gasteiger charge is 2.24. The van der Waals surface area contributed by atoms with E-state index in [0.29, 0.717) is 6.04 Å². The molecule has 1 atom stereocenters. The largest absolute Gasteiger partial charge is 0.314 e. The number of rotatable bonds is 4. The van der Waals surface area contributed by atoms with Crippen LogP contribution >= 0.6 is 0 Å². The Morgan fingerprint density at radius 2 is 1.75 bits per heavy atom. The molecule has 1 aromatic rings. The van der Waals surface area contributed by atoms with Gasteiger partial charge in [-0.15, -0.1) is 6.58 Å². The van der Waals surface area contributed by atoms with Crippen LogP contribution in [0.2, 0.25) is 0 Å². The maximum Gasteiger partial charge on any atom is 0.0391 e. The molecule has 0 radical (unpaired) electrons. The summed E-state index contributed by atoms with van der Waals surface area (Å²) in [7, 11) is 0. The molecule has 2 rings (SSSR count). The molecule has 20 heavy (non-hydrogen) atoms. The highest BCUT2D eigenvalue weighted by molar-refractivity contribution is 5.40. The summed E-state index contributed by atoms with van der Waals surface area (Å²) in [5.41, 5.74) is 6.99. The van der Waals surface area contributed by atoms with Gasteiger partial charge in [0.2, 0.25) is 0 Å². The van der Waals surface area contributed by atoms with Crippen molar-refractivity contribution in [3.8, 4) is 0 Å². The third-order valence-corrected chi connectivity index (χ3v) is 4.21. The molecule has 2 heteroatoms. The summed E-state index contributed by atoms with van der Waals surface area (Å²) in [6.07, 6.45) is 1.06. The molecule has 0 spiro atoms. The third kappa shape index (κ3) is 3.50. The summed E-state index contributed by atoms with van der Waals surface area (Å²) >= 11 is 0. The Kier molecular flexibility index (Phi) is 5.00. The van der Waals surface area contributed by atoms with Crippen LogP contribution in [0.5, 0.6) is 0 Å². The highest BCUT2D eigenvalue weighted by atomic mass is 15.2. The van der Waals surface area contributed by atoms with E-state index in [4.69, 9.17) is 0 Å². The van der Waals surface area contributed by atoms with Crippen molar-refractivity contribution in [3.05, 3.63) is 46.5 Å². The Hall–Kier alpha value is -1.12. The van der Waals surface area contributed by atoms with Crippen LogP contribution in [0.4, 0.5) is 0 Å². The van der Waals surface area contributed by atoms with Crippen molar-refractivity contribution < 1.29 is 0 Å². The van der Waals surface area contributed by atoms with Crippen molar-refractivity contribution in [3.63, 3.8) is 0 Å². The maximum absolute atomic E-state index is 4.15. The quantitative estimate of drug-likeness (QED) is 0.844. The first-order valence-electron chi connectivity index (χ1n) is 7.66. The Balaban J connectivity index is 2.37. The summed E-state index contributed by atoms with van der Waals surface area (Å²) in [5, 5.41) is 3.45. The van der Waals surface area contributed by atoms with Crippen molar-refractivity contribution in [1.29, 1.82) is 0 Å². The minimum atomic E-state index is 0.482. The zero-order valence-electron chi connectivity index (χ0n) is 13.4. The van der Waals surface area contributed by atoms with E-state index in [1.54, 1.807) is 0 Å². The molecule has 0 amide bonds. The van der Waals surface area contributed by atoms with Gasteiger partial charge in [0.25, 0.3) is 0 Å². The number of nitrogens with zero attached hydrogens (tertiary/aromatic N) is 1. The molecular weight excluding hydrogens is 244 g/mol. The lowest BCUT2D eigenvalue weighted by Gasteiger charge is -2.37. The van der Waals surface area contributed by atoms with Crippen molar-refractivity contribution in [1.82, 2.24) is 10.2 Å². The summed E-state index contributed by atoms with van der Waals surface area (Å²) in [4.78, 5) is 2.62. The van der Waals surface area contributed by atoms with Gasteiger partial charge >= 0.3 is 0 Å². The molecule has 110 valence electrons. The molecule has 1 N–H and O–H groups in total. The Morgan fingerprint density at radius 1 is 1.20 bits per heavy atom. The highest BCUT2D eigenvalue weighted by Crippen LogP contribution is 2.32. The Labute approximate surface area is 123 Å². The van der Waals surface area contributed by atoms with Gasteiger partial charge in [0.1, 0.15) is 0 Å². The fraction of sp³-hybridized carbons (Fsp3) is 0.556. The van der Waals surface area contributed by atoms with Crippen LogP contribution in [0, 0.1) is 20.8 Å². The van der Waals surface area contributed by atoms with Crippen LogP contribution in [-0.4, -0.2) is 31.1 Å². The van der Waals surface area contributed by atoms with Gasteiger partial charge in [0, 0.05) is 32.2 Å². The molecule has 0 aliphatic carbocycles. The molecule has 1 saturated heterocycles. The Morgan fingerprint density at radius 3 is 2.25 bits per heavy atom. The van der Waals surface area contributed by atoms with Gasteiger partial charge in [0.15, 0.2) is 0 Å². The number of hydrogen-bond donors (Lipinski definition) is 1. The van der Waals surface area contributed by atoms with Crippen molar-refractivity contribution in [2.24, 2.45) is 0 Å². The number of aryl methyl sites for hydroxylation is 3. The molecular formula is C18H28N2. The number of benzene rings is 1. The molecule has 0 saturated carbocycles. The van der Waals surface area contributed by atoms with Crippen molar-refractivity contribution in [2.75, 3.05) is 26.2 Å². The van der Waals surface area contributed by atoms with E-state index in [1.807, 2.05) is 0 Å². The minimum absolute atomic E-state index is 0.482. The topological polar surface area (TPSA) is 15.3 Å². The molecule has 1 aliphatic rings. The molecule has 0 bridgehead atoms. The van der Waals surface area contributed by atoms with Crippen molar-refractivity contribution in [2.45, 2.75) is 40.2 Å². The standard InChI is InChI=1S/C18H28N2/c1-13(2)10-17(20-8-6-19-7-9-20)18-15(4)11-14(3)12-16(18)5/h11-12,17,19H,1,6-10H2,2-5H3/t17-/m1/s1. The average Bonchev–Trinajstić information content (AvgIpc) is 2.37. The van der Waals surface area contributed by atoms with Gasteiger partial charge in [-0.05, 0) is 50.8 Å². The summed E-state index contributed by atoms with van der Waals surface area (Å²) in [6.45, 7) is 17.4. The molecule has 2 nitrogen and oxygen atoms in total. The predicted octanol–water partition coefficient (Wildman–Crippen LogP) is 3.52. The SMILES string of the molecule is C=C(C)C[C@H](c1c(C)cc(C)cc1C)N1CCNCC1. The van der Waals surface area contributed by atoms with Gasteiger partial charge in [-0.1, -0.05) is 23.3 Å². The fourth-order valence-electron chi connectivity index (χ4n) is 3.45. The van der Waals surface area contributed by atoms with Crippen LogP contribution in [0.3, 0.4) is 0 Å². The van der Waals surface area contributed by atoms with Gasteiger partial charge in [-0.2, -0.15) is 0 Å². The van der Waals surface area contributed by atoms with E-state index in [2.05, 4.69) is 56.6 Å². The number of piperazine rings is 1.